The fraction of sp³-hybridized carbons (Fsp3) is 0.615. The quantitative estimate of drug-likeness (QED) is 0.763. The molecule has 0 N–H and O–H groups in total. The summed E-state index contributed by atoms with van der Waals surface area (Å²) in [6.07, 6.45) is 1.52. The van der Waals surface area contributed by atoms with E-state index < -0.39 is 5.60 Å². The lowest BCUT2D eigenvalue weighted by molar-refractivity contribution is -0.139. The van der Waals surface area contributed by atoms with Crippen molar-refractivity contribution in [2.24, 2.45) is 0 Å². The number of hydrogen-bond acceptors (Lipinski definition) is 3. The maximum Gasteiger partial charge on any atom is 0.169 e. The van der Waals surface area contributed by atoms with E-state index in [4.69, 9.17) is 4.74 Å². The molecule has 0 bridgehead atoms. The standard InChI is InChI=1S/C13H20O2S/c1-5-10-7-8-11(16-10)9-12(14)13(3,4)15-6-2/h7-8H,5-6,9H2,1-4H3. The van der Waals surface area contributed by atoms with Gasteiger partial charge >= 0.3 is 0 Å². The van der Waals surface area contributed by atoms with E-state index in [-0.39, 0.29) is 5.78 Å². The number of Topliss-reactive ketones (excluding diaryl/α,β-unsaturated/α-hetero) is 1. The molecule has 0 aliphatic carbocycles. The molecule has 0 aliphatic rings. The molecule has 0 saturated carbocycles. The molecular formula is C13H20O2S. The maximum absolute atomic E-state index is 12.0. The minimum Gasteiger partial charge on any atom is -0.368 e. The van der Waals surface area contributed by atoms with Crippen LogP contribution in [0, 0.1) is 0 Å². The summed E-state index contributed by atoms with van der Waals surface area (Å²) in [6.45, 7) is 8.29. The summed E-state index contributed by atoms with van der Waals surface area (Å²) in [5, 5.41) is 0. The largest absolute Gasteiger partial charge is 0.368 e. The first-order valence-corrected chi connectivity index (χ1v) is 6.56. The number of carbonyl (C=O) groups excluding carboxylic acids is 1. The van der Waals surface area contributed by atoms with Gasteiger partial charge in [0.1, 0.15) is 5.60 Å². The molecule has 3 heteroatoms. The Morgan fingerprint density at radius 1 is 1.31 bits per heavy atom. The summed E-state index contributed by atoms with van der Waals surface area (Å²) in [7, 11) is 0. The third kappa shape index (κ3) is 3.42. The second-order valence-corrected chi connectivity index (χ2v) is 5.52. The molecule has 0 saturated heterocycles. The van der Waals surface area contributed by atoms with Crippen molar-refractivity contribution in [2.45, 2.75) is 46.1 Å². The SMILES string of the molecule is CCOC(C)(C)C(=O)Cc1ccc(CC)s1. The fourth-order valence-electron chi connectivity index (χ4n) is 1.52. The van der Waals surface area contributed by atoms with Gasteiger partial charge in [-0.15, -0.1) is 11.3 Å². The Kier molecular flexibility index (Phi) is 4.69. The third-order valence-electron chi connectivity index (χ3n) is 2.58. The number of carbonyl (C=O) groups is 1. The van der Waals surface area contributed by atoms with Gasteiger partial charge in [0.25, 0.3) is 0 Å². The lowest BCUT2D eigenvalue weighted by Gasteiger charge is -2.22. The zero-order valence-electron chi connectivity index (χ0n) is 10.5. The molecule has 1 heterocycles. The highest BCUT2D eigenvalue weighted by Gasteiger charge is 2.27. The summed E-state index contributed by atoms with van der Waals surface area (Å²) in [5.41, 5.74) is -0.662. The lowest BCUT2D eigenvalue weighted by atomic mass is 10.00. The first-order chi connectivity index (χ1) is 7.49. The van der Waals surface area contributed by atoms with Gasteiger partial charge in [0.2, 0.25) is 0 Å². The van der Waals surface area contributed by atoms with Crippen molar-refractivity contribution in [3.63, 3.8) is 0 Å². The topological polar surface area (TPSA) is 26.3 Å². The van der Waals surface area contributed by atoms with Crippen molar-refractivity contribution in [3.8, 4) is 0 Å². The van der Waals surface area contributed by atoms with Crippen molar-refractivity contribution in [2.75, 3.05) is 6.61 Å². The molecule has 0 radical (unpaired) electrons. The van der Waals surface area contributed by atoms with Crippen LogP contribution in [0.4, 0.5) is 0 Å². The van der Waals surface area contributed by atoms with E-state index in [2.05, 4.69) is 13.0 Å². The van der Waals surface area contributed by atoms with Crippen LogP contribution in [0.1, 0.15) is 37.4 Å². The van der Waals surface area contributed by atoms with Crippen LogP contribution in [0.2, 0.25) is 0 Å². The Bertz CT molecular complexity index is 353. The van der Waals surface area contributed by atoms with Crippen LogP contribution in [-0.4, -0.2) is 18.0 Å². The number of aryl methyl sites for hydroxylation is 1. The van der Waals surface area contributed by atoms with Gasteiger partial charge in [-0.1, -0.05) is 6.92 Å². The van der Waals surface area contributed by atoms with E-state index in [1.807, 2.05) is 26.8 Å². The number of rotatable bonds is 6. The summed E-state index contributed by atoms with van der Waals surface area (Å²) >= 11 is 1.72. The first-order valence-electron chi connectivity index (χ1n) is 5.74. The maximum atomic E-state index is 12.0. The molecule has 0 aromatic carbocycles. The van der Waals surface area contributed by atoms with Gasteiger partial charge < -0.3 is 4.74 Å². The molecule has 1 aromatic heterocycles. The summed E-state index contributed by atoms with van der Waals surface area (Å²) < 4.78 is 5.45. The van der Waals surface area contributed by atoms with Crippen LogP contribution < -0.4 is 0 Å². The zero-order chi connectivity index (χ0) is 12.2. The lowest BCUT2D eigenvalue weighted by Crippen LogP contribution is -2.36. The van der Waals surface area contributed by atoms with Gasteiger partial charge in [-0.3, -0.25) is 4.79 Å². The Morgan fingerprint density at radius 3 is 2.44 bits per heavy atom. The van der Waals surface area contributed by atoms with E-state index >= 15 is 0 Å². The van der Waals surface area contributed by atoms with Gasteiger partial charge in [-0.25, -0.2) is 0 Å². The molecule has 0 aliphatic heterocycles. The molecule has 90 valence electrons. The Labute approximate surface area is 102 Å². The van der Waals surface area contributed by atoms with Gasteiger partial charge in [0, 0.05) is 22.8 Å². The molecule has 0 fully saturated rings. The predicted molar refractivity (Wildman–Crippen MR) is 68.1 cm³/mol. The van der Waals surface area contributed by atoms with Crippen LogP contribution in [0.5, 0.6) is 0 Å². The number of ether oxygens (including phenoxy) is 1. The van der Waals surface area contributed by atoms with Gasteiger partial charge in [0.15, 0.2) is 5.78 Å². The number of hydrogen-bond donors (Lipinski definition) is 0. The molecule has 0 unspecified atom stereocenters. The first kappa shape index (κ1) is 13.4. The second-order valence-electron chi connectivity index (χ2n) is 4.26. The van der Waals surface area contributed by atoms with E-state index in [1.165, 1.54) is 4.88 Å². The Morgan fingerprint density at radius 2 is 1.94 bits per heavy atom. The van der Waals surface area contributed by atoms with Crippen molar-refractivity contribution >= 4 is 17.1 Å². The van der Waals surface area contributed by atoms with Crippen molar-refractivity contribution < 1.29 is 9.53 Å². The second kappa shape index (κ2) is 5.60. The molecular weight excluding hydrogens is 220 g/mol. The monoisotopic (exact) mass is 240 g/mol. The zero-order valence-corrected chi connectivity index (χ0v) is 11.3. The highest BCUT2D eigenvalue weighted by Crippen LogP contribution is 2.21. The van der Waals surface area contributed by atoms with Gasteiger partial charge in [-0.2, -0.15) is 0 Å². The minimum atomic E-state index is -0.662. The molecule has 1 aromatic rings. The average molecular weight is 240 g/mol. The number of thiophene rings is 1. The van der Waals surface area contributed by atoms with E-state index in [0.717, 1.165) is 11.3 Å². The van der Waals surface area contributed by atoms with Crippen LogP contribution >= 0.6 is 11.3 Å². The Hall–Kier alpha value is -0.670. The molecule has 0 spiro atoms. The highest BCUT2D eigenvalue weighted by atomic mass is 32.1. The summed E-state index contributed by atoms with van der Waals surface area (Å²) in [4.78, 5) is 14.5. The predicted octanol–water partition coefficient (Wildman–Crippen LogP) is 3.24. The van der Waals surface area contributed by atoms with E-state index in [1.54, 1.807) is 11.3 Å². The van der Waals surface area contributed by atoms with Crippen LogP contribution in [0.25, 0.3) is 0 Å². The highest BCUT2D eigenvalue weighted by molar-refractivity contribution is 7.12. The van der Waals surface area contributed by atoms with Crippen LogP contribution in [0.3, 0.4) is 0 Å². The summed E-state index contributed by atoms with van der Waals surface area (Å²) in [5.74, 6) is 0.152. The Balaban J connectivity index is 2.63. The van der Waals surface area contributed by atoms with Crippen LogP contribution in [-0.2, 0) is 22.4 Å². The van der Waals surface area contributed by atoms with Crippen molar-refractivity contribution in [1.82, 2.24) is 0 Å². The smallest absolute Gasteiger partial charge is 0.169 e. The van der Waals surface area contributed by atoms with E-state index in [9.17, 15) is 4.79 Å². The van der Waals surface area contributed by atoms with Crippen molar-refractivity contribution in [1.29, 1.82) is 0 Å². The van der Waals surface area contributed by atoms with Gasteiger partial charge in [-0.05, 0) is 39.3 Å². The van der Waals surface area contributed by atoms with Gasteiger partial charge in [0.05, 0.1) is 0 Å². The minimum absolute atomic E-state index is 0.152. The molecule has 0 atom stereocenters. The summed E-state index contributed by atoms with van der Waals surface area (Å²) in [6, 6.07) is 4.14. The molecule has 16 heavy (non-hydrogen) atoms. The van der Waals surface area contributed by atoms with E-state index in [0.29, 0.717) is 13.0 Å². The normalized spacial score (nSPS) is 11.8. The molecule has 0 amide bonds. The number of ketones is 1. The molecule has 1 rings (SSSR count). The third-order valence-corrected chi connectivity index (χ3v) is 3.81. The van der Waals surface area contributed by atoms with Crippen LogP contribution in [0.15, 0.2) is 12.1 Å². The van der Waals surface area contributed by atoms with Crippen molar-refractivity contribution in [3.05, 3.63) is 21.9 Å². The average Bonchev–Trinajstić information content (AvgIpc) is 2.65. The fourth-order valence-corrected chi connectivity index (χ4v) is 2.48. The molecule has 2 nitrogen and oxygen atoms in total.